The van der Waals surface area contributed by atoms with Crippen LogP contribution in [0.3, 0.4) is 0 Å². The Balaban J connectivity index is 2.04. The van der Waals surface area contributed by atoms with Gasteiger partial charge in [-0.05, 0) is 17.7 Å². The predicted molar refractivity (Wildman–Crippen MR) is 64.2 cm³/mol. The van der Waals surface area contributed by atoms with Crippen LogP contribution in [-0.2, 0) is 11.3 Å². The molecule has 17 heavy (non-hydrogen) atoms. The second-order valence-electron chi connectivity index (χ2n) is 4.10. The Bertz CT molecular complexity index is 391. The maximum absolute atomic E-state index is 13.3. The van der Waals surface area contributed by atoms with Crippen LogP contribution < -0.4 is 10.6 Å². The van der Waals surface area contributed by atoms with E-state index in [0.29, 0.717) is 6.41 Å². The lowest BCUT2D eigenvalue weighted by molar-refractivity contribution is -0.105. The van der Waals surface area contributed by atoms with Crippen molar-refractivity contribution in [1.82, 2.24) is 10.2 Å². The Morgan fingerprint density at radius 1 is 1.41 bits per heavy atom. The SMILES string of the molecule is O=CNc1cc(CN2CCNCC2)ccc1F. The number of halogens is 1. The summed E-state index contributed by atoms with van der Waals surface area (Å²) in [5, 5.41) is 5.65. The highest BCUT2D eigenvalue weighted by molar-refractivity contribution is 5.71. The Morgan fingerprint density at radius 3 is 2.88 bits per heavy atom. The smallest absolute Gasteiger partial charge is 0.211 e. The molecule has 0 aromatic heterocycles. The minimum absolute atomic E-state index is 0.243. The second-order valence-corrected chi connectivity index (χ2v) is 4.10. The van der Waals surface area contributed by atoms with Crippen molar-refractivity contribution in [3.8, 4) is 0 Å². The van der Waals surface area contributed by atoms with Crippen molar-refractivity contribution in [1.29, 1.82) is 0 Å². The van der Waals surface area contributed by atoms with E-state index in [1.54, 1.807) is 12.1 Å². The molecule has 0 unspecified atom stereocenters. The zero-order chi connectivity index (χ0) is 12.1. The van der Waals surface area contributed by atoms with Gasteiger partial charge in [0.25, 0.3) is 0 Å². The highest BCUT2D eigenvalue weighted by Crippen LogP contribution is 2.17. The van der Waals surface area contributed by atoms with Crippen molar-refractivity contribution in [3.63, 3.8) is 0 Å². The van der Waals surface area contributed by atoms with Crippen molar-refractivity contribution in [2.75, 3.05) is 31.5 Å². The van der Waals surface area contributed by atoms with Gasteiger partial charge < -0.3 is 10.6 Å². The lowest BCUT2D eigenvalue weighted by Crippen LogP contribution is -2.42. The Morgan fingerprint density at radius 2 is 2.18 bits per heavy atom. The summed E-state index contributed by atoms with van der Waals surface area (Å²) in [4.78, 5) is 12.6. The molecular weight excluding hydrogens is 221 g/mol. The number of amides is 1. The minimum atomic E-state index is -0.402. The van der Waals surface area contributed by atoms with E-state index in [-0.39, 0.29) is 5.69 Å². The van der Waals surface area contributed by atoms with Crippen LogP contribution in [0.5, 0.6) is 0 Å². The van der Waals surface area contributed by atoms with Crippen LogP contribution in [0.4, 0.5) is 10.1 Å². The lowest BCUT2D eigenvalue weighted by atomic mass is 10.1. The van der Waals surface area contributed by atoms with Crippen molar-refractivity contribution in [2.45, 2.75) is 6.54 Å². The van der Waals surface area contributed by atoms with Gasteiger partial charge >= 0.3 is 0 Å². The summed E-state index contributed by atoms with van der Waals surface area (Å²) in [5.41, 5.74) is 1.25. The summed E-state index contributed by atoms with van der Waals surface area (Å²) < 4.78 is 13.3. The van der Waals surface area contributed by atoms with Crippen LogP contribution in [0.25, 0.3) is 0 Å². The molecule has 0 spiro atoms. The molecule has 2 N–H and O–H groups in total. The molecule has 1 amide bonds. The van der Waals surface area contributed by atoms with Gasteiger partial charge in [0, 0.05) is 32.7 Å². The average Bonchev–Trinajstić information content (AvgIpc) is 2.35. The maximum atomic E-state index is 13.3. The van der Waals surface area contributed by atoms with Crippen molar-refractivity contribution in [3.05, 3.63) is 29.6 Å². The summed E-state index contributed by atoms with van der Waals surface area (Å²) in [6.45, 7) is 4.75. The van der Waals surface area contributed by atoms with Gasteiger partial charge in [0.15, 0.2) is 0 Å². The summed E-state index contributed by atoms with van der Waals surface area (Å²) >= 11 is 0. The molecule has 1 heterocycles. The largest absolute Gasteiger partial charge is 0.326 e. The van der Waals surface area contributed by atoms with Gasteiger partial charge in [-0.2, -0.15) is 0 Å². The molecule has 0 aliphatic carbocycles. The molecule has 2 rings (SSSR count). The molecule has 92 valence electrons. The highest BCUT2D eigenvalue weighted by atomic mass is 19.1. The molecule has 1 aromatic carbocycles. The van der Waals surface area contributed by atoms with Gasteiger partial charge in [0.05, 0.1) is 5.69 Å². The molecule has 0 bridgehead atoms. The number of hydrogen-bond acceptors (Lipinski definition) is 3. The zero-order valence-corrected chi connectivity index (χ0v) is 9.58. The number of anilines is 1. The third-order valence-electron chi connectivity index (χ3n) is 2.86. The zero-order valence-electron chi connectivity index (χ0n) is 9.58. The van der Waals surface area contributed by atoms with Gasteiger partial charge in [0.2, 0.25) is 6.41 Å². The summed E-state index contributed by atoms with van der Waals surface area (Å²) in [7, 11) is 0. The van der Waals surface area contributed by atoms with Crippen LogP contribution in [0.15, 0.2) is 18.2 Å². The number of carbonyl (C=O) groups excluding carboxylic acids is 1. The molecule has 1 aliphatic rings. The second kappa shape index (κ2) is 5.75. The first-order valence-electron chi connectivity index (χ1n) is 5.71. The minimum Gasteiger partial charge on any atom is -0.326 e. The van der Waals surface area contributed by atoms with E-state index in [2.05, 4.69) is 15.5 Å². The fourth-order valence-electron chi connectivity index (χ4n) is 1.97. The predicted octanol–water partition coefficient (Wildman–Crippen LogP) is 0.799. The molecular formula is C12H16FN3O. The number of nitrogens with zero attached hydrogens (tertiary/aromatic N) is 1. The van der Waals surface area contributed by atoms with Crippen LogP contribution in [0.2, 0.25) is 0 Å². The maximum Gasteiger partial charge on any atom is 0.211 e. The standard InChI is InChI=1S/C12H16FN3O/c13-11-2-1-10(7-12(11)15-9-17)8-16-5-3-14-4-6-16/h1-2,7,9,14H,3-6,8H2,(H,15,17). The number of nitrogens with one attached hydrogen (secondary N) is 2. The average molecular weight is 237 g/mol. The molecule has 0 atom stereocenters. The van der Waals surface area contributed by atoms with E-state index in [4.69, 9.17) is 0 Å². The number of piperazine rings is 1. The van der Waals surface area contributed by atoms with E-state index >= 15 is 0 Å². The van der Waals surface area contributed by atoms with E-state index < -0.39 is 5.82 Å². The summed E-state index contributed by atoms with van der Waals surface area (Å²) in [5.74, 6) is -0.402. The quantitative estimate of drug-likeness (QED) is 0.761. The first kappa shape index (κ1) is 12.0. The van der Waals surface area contributed by atoms with Crippen LogP contribution in [-0.4, -0.2) is 37.5 Å². The number of rotatable bonds is 4. The lowest BCUT2D eigenvalue weighted by Gasteiger charge is -2.27. The van der Waals surface area contributed by atoms with Crippen molar-refractivity contribution < 1.29 is 9.18 Å². The molecule has 5 heteroatoms. The fraction of sp³-hybridized carbons (Fsp3) is 0.417. The topological polar surface area (TPSA) is 44.4 Å². The molecule has 1 fully saturated rings. The van der Waals surface area contributed by atoms with Gasteiger partial charge in [0.1, 0.15) is 5.82 Å². The monoisotopic (exact) mass is 237 g/mol. The number of hydrogen-bond donors (Lipinski definition) is 2. The van der Waals surface area contributed by atoms with Gasteiger partial charge in [-0.3, -0.25) is 9.69 Å². The Kier molecular flexibility index (Phi) is 4.06. The summed E-state index contributed by atoms with van der Waals surface area (Å²) in [6.07, 6.45) is 0.493. The third kappa shape index (κ3) is 3.25. The van der Waals surface area contributed by atoms with Crippen LogP contribution >= 0.6 is 0 Å². The van der Waals surface area contributed by atoms with E-state index in [9.17, 15) is 9.18 Å². The molecule has 0 saturated carbocycles. The molecule has 4 nitrogen and oxygen atoms in total. The van der Waals surface area contributed by atoms with Gasteiger partial charge in [-0.1, -0.05) is 6.07 Å². The van der Waals surface area contributed by atoms with Crippen molar-refractivity contribution in [2.24, 2.45) is 0 Å². The third-order valence-corrected chi connectivity index (χ3v) is 2.86. The first-order valence-corrected chi connectivity index (χ1v) is 5.71. The molecule has 1 aliphatic heterocycles. The van der Waals surface area contributed by atoms with Gasteiger partial charge in [-0.25, -0.2) is 4.39 Å². The molecule has 1 aromatic rings. The highest BCUT2D eigenvalue weighted by Gasteiger charge is 2.11. The number of carbonyl (C=O) groups is 1. The fourth-order valence-corrected chi connectivity index (χ4v) is 1.97. The van der Waals surface area contributed by atoms with Crippen molar-refractivity contribution >= 4 is 12.1 Å². The Hall–Kier alpha value is -1.46. The van der Waals surface area contributed by atoms with E-state index in [0.717, 1.165) is 38.3 Å². The first-order chi connectivity index (χ1) is 8.29. The van der Waals surface area contributed by atoms with Gasteiger partial charge in [-0.15, -0.1) is 0 Å². The number of benzene rings is 1. The molecule has 1 saturated heterocycles. The van der Waals surface area contributed by atoms with E-state index in [1.807, 2.05) is 0 Å². The normalized spacial score (nSPS) is 16.8. The van der Waals surface area contributed by atoms with Crippen LogP contribution in [0.1, 0.15) is 5.56 Å². The van der Waals surface area contributed by atoms with E-state index in [1.165, 1.54) is 6.07 Å². The van der Waals surface area contributed by atoms with Crippen LogP contribution in [0, 0.1) is 5.82 Å². The molecule has 0 radical (unpaired) electrons. The Labute approximate surface area is 99.8 Å². The summed E-state index contributed by atoms with van der Waals surface area (Å²) in [6, 6.07) is 4.84.